The smallest absolute Gasteiger partial charge is 0.239 e. The van der Waals surface area contributed by atoms with Gasteiger partial charge in [0.2, 0.25) is 11.8 Å². The van der Waals surface area contributed by atoms with Crippen LogP contribution < -0.4 is 10.1 Å². The van der Waals surface area contributed by atoms with E-state index in [4.69, 9.17) is 4.74 Å². The molecule has 0 spiro atoms. The molecule has 0 bridgehead atoms. The SMILES string of the molecule is CCN(CC(=O)Nc1ccc(OC)cc1)[C@H](C)C(=O)N(C)Cc1cccc(F)c1. The second kappa shape index (κ2) is 10.6. The van der Waals surface area contributed by atoms with Gasteiger partial charge in [0.05, 0.1) is 19.7 Å². The molecule has 2 amide bonds. The molecule has 2 aromatic rings. The summed E-state index contributed by atoms with van der Waals surface area (Å²) in [6.45, 7) is 4.60. The summed E-state index contributed by atoms with van der Waals surface area (Å²) < 4.78 is 18.5. The lowest BCUT2D eigenvalue weighted by molar-refractivity contribution is -0.136. The van der Waals surface area contributed by atoms with Gasteiger partial charge in [-0.15, -0.1) is 0 Å². The Morgan fingerprint density at radius 2 is 1.86 bits per heavy atom. The highest BCUT2D eigenvalue weighted by Crippen LogP contribution is 2.15. The molecule has 0 radical (unpaired) electrons. The van der Waals surface area contributed by atoms with Crippen molar-refractivity contribution < 1.29 is 18.7 Å². The number of nitrogens with zero attached hydrogens (tertiary/aromatic N) is 2. The van der Waals surface area contributed by atoms with Crippen LogP contribution in [0.4, 0.5) is 10.1 Å². The molecule has 0 unspecified atom stereocenters. The fraction of sp³-hybridized carbons (Fsp3) is 0.364. The molecule has 0 aliphatic heterocycles. The maximum Gasteiger partial charge on any atom is 0.239 e. The quantitative estimate of drug-likeness (QED) is 0.701. The number of halogens is 1. The third-order valence-electron chi connectivity index (χ3n) is 4.72. The number of benzene rings is 2. The standard InChI is InChI=1S/C22H28FN3O3/c1-5-26(15-21(27)24-19-9-11-20(29-4)12-10-19)16(2)22(28)25(3)14-17-7-6-8-18(23)13-17/h6-13,16H,5,14-15H2,1-4H3,(H,24,27)/t16-/m1/s1. The fourth-order valence-electron chi connectivity index (χ4n) is 3.04. The van der Waals surface area contributed by atoms with E-state index in [0.717, 1.165) is 0 Å². The number of rotatable bonds is 9. The van der Waals surface area contributed by atoms with Crippen LogP contribution in [0, 0.1) is 5.82 Å². The normalized spacial score (nSPS) is 11.8. The minimum atomic E-state index is -0.486. The Morgan fingerprint density at radius 3 is 2.45 bits per heavy atom. The summed E-state index contributed by atoms with van der Waals surface area (Å²) in [4.78, 5) is 28.5. The summed E-state index contributed by atoms with van der Waals surface area (Å²) in [7, 11) is 3.26. The van der Waals surface area contributed by atoms with Crippen LogP contribution in [0.1, 0.15) is 19.4 Å². The second-order valence-electron chi connectivity index (χ2n) is 6.84. The Morgan fingerprint density at radius 1 is 1.17 bits per heavy atom. The van der Waals surface area contributed by atoms with E-state index in [1.165, 1.54) is 12.1 Å². The molecule has 0 fully saturated rings. The van der Waals surface area contributed by atoms with Crippen LogP contribution in [-0.2, 0) is 16.1 Å². The van der Waals surface area contributed by atoms with Crippen LogP contribution in [0.25, 0.3) is 0 Å². The zero-order valence-corrected chi connectivity index (χ0v) is 17.3. The topological polar surface area (TPSA) is 61.9 Å². The van der Waals surface area contributed by atoms with Gasteiger partial charge >= 0.3 is 0 Å². The number of carbonyl (C=O) groups excluding carboxylic acids is 2. The van der Waals surface area contributed by atoms with Crippen molar-refractivity contribution in [2.75, 3.05) is 32.6 Å². The van der Waals surface area contributed by atoms with Gasteiger partial charge in [-0.25, -0.2) is 4.39 Å². The van der Waals surface area contributed by atoms with Crippen LogP contribution in [0.3, 0.4) is 0 Å². The largest absolute Gasteiger partial charge is 0.497 e. The maximum atomic E-state index is 13.4. The van der Waals surface area contributed by atoms with Crippen LogP contribution in [0.5, 0.6) is 5.75 Å². The molecule has 0 aliphatic carbocycles. The second-order valence-corrected chi connectivity index (χ2v) is 6.84. The molecule has 2 aromatic carbocycles. The van der Waals surface area contributed by atoms with Crippen LogP contribution in [0.2, 0.25) is 0 Å². The molecular weight excluding hydrogens is 373 g/mol. The molecule has 7 heteroatoms. The molecule has 0 saturated carbocycles. The molecule has 6 nitrogen and oxygen atoms in total. The van der Waals surface area contributed by atoms with Crippen LogP contribution >= 0.6 is 0 Å². The number of anilines is 1. The van der Waals surface area contributed by atoms with Gasteiger partial charge < -0.3 is 15.0 Å². The summed E-state index contributed by atoms with van der Waals surface area (Å²) in [5.41, 5.74) is 1.38. The van der Waals surface area contributed by atoms with Crippen molar-refractivity contribution in [2.45, 2.75) is 26.4 Å². The number of likely N-dealkylation sites (N-methyl/N-ethyl adjacent to an activating group) is 2. The van der Waals surface area contributed by atoms with Gasteiger partial charge in [-0.3, -0.25) is 14.5 Å². The van der Waals surface area contributed by atoms with Gasteiger partial charge in [0, 0.05) is 19.3 Å². The summed E-state index contributed by atoms with van der Waals surface area (Å²) in [6, 6.07) is 12.7. The minimum Gasteiger partial charge on any atom is -0.497 e. The lowest BCUT2D eigenvalue weighted by atomic mass is 10.2. The van der Waals surface area contributed by atoms with E-state index >= 15 is 0 Å². The summed E-state index contributed by atoms with van der Waals surface area (Å²) in [6.07, 6.45) is 0. The van der Waals surface area contributed by atoms with Gasteiger partial charge in [0.1, 0.15) is 11.6 Å². The van der Waals surface area contributed by atoms with Gasteiger partial charge in [-0.2, -0.15) is 0 Å². The molecule has 0 aliphatic rings. The molecule has 156 valence electrons. The maximum absolute atomic E-state index is 13.4. The number of nitrogens with one attached hydrogen (secondary N) is 1. The first-order valence-electron chi connectivity index (χ1n) is 9.51. The zero-order valence-electron chi connectivity index (χ0n) is 17.3. The Labute approximate surface area is 171 Å². The van der Waals surface area contributed by atoms with Crippen molar-refractivity contribution in [3.05, 3.63) is 59.9 Å². The Kier molecular flexibility index (Phi) is 8.15. The number of carbonyl (C=O) groups is 2. The van der Waals surface area contributed by atoms with Gasteiger partial charge in [0.25, 0.3) is 0 Å². The molecule has 29 heavy (non-hydrogen) atoms. The number of hydrogen-bond acceptors (Lipinski definition) is 4. The molecule has 2 rings (SSSR count). The zero-order chi connectivity index (χ0) is 21.4. The highest BCUT2D eigenvalue weighted by Gasteiger charge is 2.25. The Bertz CT molecular complexity index is 826. The van der Waals surface area contributed by atoms with E-state index in [2.05, 4.69) is 5.32 Å². The third-order valence-corrected chi connectivity index (χ3v) is 4.72. The summed E-state index contributed by atoms with van der Waals surface area (Å²) in [5.74, 6) is 0.0401. The fourth-order valence-corrected chi connectivity index (χ4v) is 3.04. The average molecular weight is 401 g/mol. The van der Waals surface area contributed by atoms with Crippen molar-refractivity contribution in [1.29, 1.82) is 0 Å². The first kappa shape index (κ1) is 22.4. The summed E-state index contributed by atoms with van der Waals surface area (Å²) >= 11 is 0. The highest BCUT2D eigenvalue weighted by molar-refractivity contribution is 5.93. The van der Waals surface area contributed by atoms with E-state index in [9.17, 15) is 14.0 Å². The van der Waals surface area contributed by atoms with Crippen molar-refractivity contribution >= 4 is 17.5 Å². The third kappa shape index (κ3) is 6.57. The highest BCUT2D eigenvalue weighted by atomic mass is 19.1. The van der Waals surface area contributed by atoms with Crippen molar-refractivity contribution in [2.24, 2.45) is 0 Å². The predicted octanol–water partition coefficient (Wildman–Crippen LogP) is 3.14. The van der Waals surface area contributed by atoms with Gasteiger partial charge in [-0.05, 0) is 55.4 Å². The molecule has 0 heterocycles. The van der Waals surface area contributed by atoms with Crippen molar-refractivity contribution in [1.82, 2.24) is 9.80 Å². The van der Waals surface area contributed by atoms with E-state index in [-0.39, 0.29) is 24.2 Å². The van der Waals surface area contributed by atoms with Crippen molar-refractivity contribution in [3.8, 4) is 5.75 Å². The number of amides is 2. The van der Waals surface area contributed by atoms with E-state index in [0.29, 0.717) is 30.1 Å². The van der Waals surface area contributed by atoms with Gasteiger partial charge in [-0.1, -0.05) is 19.1 Å². The number of ether oxygens (including phenoxy) is 1. The Hall–Kier alpha value is -2.93. The van der Waals surface area contributed by atoms with Crippen LogP contribution in [0.15, 0.2) is 48.5 Å². The monoisotopic (exact) mass is 401 g/mol. The first-order chi connectivity index (χ1) is 13.8. The van der Waals surface area contributed by atoms with Crippen LogP contribution in [-0.4, -0.2) is 54.9 Å². The van der Waals surface area contributed by atoms with Crippen molar-refractivity contribution in [3.63, 3.8) is 0 Å². The summed E-state index contributed by atoms with van der Waals surface area (Å²) in [5, 5.41) is 2.82. The molecular formula is C22H28FN3O3. The molecule has 0 aromatic heterocycles. The lowest BCUT2D eigenvalue weighted by Gasteiger charge is -2.30. The number of methoxy groups -OCH3 is 1. The first-order valence-corrected chi connectivity index (χ1v) is 9.51. The van der Waals surface area contributed by atoms with E-state index < -0.39 is 6.04 Å². The molecule has 1 N–H and O–H groups in total. The van der Waals surface area contributed by atoms with E-state index in [1.54, 1.807) is 67.3 Å². The van der Waals surface area contributed by atoms with Gasteiger partial charge in [0.15, 0.2) is 0 Å². The Balaban J connectivity index is 1.94. The molecule has 0 saturated heterocycles. The predicted molar refractivity (Wildman–Crippen MR) is 111 cm³/mol. The lowest BCUT2D eigenvalue weighted by Crippen LogP contribution is -2.48. The molecule has 1 atom stereocenters. The average Bonchev–Trinajstić information content (AvgIpc) is 2.71. The van der Waals surface area contributed by atoms with E-state index in [1.807, 2.05) is 6.92 Å². The number of hydrogen-bond donors (Lipinski definition) is 1. The minimum absolute atomic E-state index is 0.0865.